The Balaban J connectivity index is 1.38. The van der Waals surface area contributed by atoms with Gasteiger partial charge in [0.15, 0.2) is 0 Å². The molecule has 4 rings (SSSR count). The molecule has 0 aliphatic heterocycles. The van der Waals surface area contributed by atoms with Crippen LogP contribution in [0.4, 0.5) is 0 Å². The van der Waals surface area contributed by atoms with Crippen LogP contribution in [0.25, 0.3) is 6.08 Å². The molecule has 0 heteroatoms. The van der Waals surface area contributed by atoms with Gasteiger partial charge in [-0.05, 0) is 118 Å². The predicted octanol–water partition coefficient (Wildman–Crippen LogP) is 7.23. The van der Waals surface area contributed by atoms with Gasteiger partial charge in [0.05, 0.1) is 0 Å². The van der Waals surface area contributed by atoms with Gasteiger partial charge >= 0.3 is 0 Å². The van der Waals surface area contributed by atoms with E-state index in [1.54, 1.807) is 11.1 Å². The van der Waals surface area contributed by atoms with Crippen LogP contribution in [-0.2, 0) is 12.8 Å². The van der Waals surface area contributed by atoms with Gasteiger partial charge in [0, 0.05) is 0 Å². The zero-order chi connectivity index (χ0) is 17.9. The zero-order valence-corrected chi connectivity index (χ0v) is 16.8. The van der Waals surface area contributed by atoms with Crippen molar-refractivity contribution in [2.45, 2.75) is 71.6 Å². The van der Waals surface area contributed by atoms with Gasteiger partial charge in [0.25, 0.3) is 0 Å². The quantitative estimate of drug-likeness (QED) is 0.505. The molecule has 0 aromatic heterocycles. The van der Waals surface area contributed by atoms with Crippen molar-refractivity contribution in [3.05, 3.63) is 53.1 Å². The van der Waals surface area contributed by atoms with Crippen LogP contribution in [0, 0.1) is 29.6 Å². The van der Waals surface area contributed by atoms with Crippen LogP contribution in [0.2, 0.25) is 0 Å². The lowest BCUT2D eigenvalue weighted by Gasteiger charge is -2.44. The topological polar surface area (TPSA) is 0 Å². The molecule has 0 N–H and O–H groups in total. The van der Waals surface area contributed by atoms with E-state index in [2.05, 4.69) is 56.4 Å². The molecule has 3 aliphatic rings. The van der Waals surface area contributed by atoms with E-state index in [1.165, 1.54) is 63.4 Å². The van der Waals surface area contributed by atoms with Gasteiger partial charge < -0.3 is 0 Å². The molecule has 3 aliphatic carbocycles. The fourth-order valence-electron chi connectivity index (χ4n) is 6.34. The maximum atomic E-state index is 2.47. The highest BCUT2D eigenvalue weighted by Gasteiger charge is 2.38. The predicted molar refractivity (Wildman–Crippen MR) is 113 cm³/mol. The normalized spacial score (nSPS) is 34.8. The lowest BCUT2D eigenvalue weighted by molar-refractivity contribution is 0.0810. The van der Waals surface area contributed by atoms with Gasteiger partial charge in [-0.3, -0.25) is 0 Å². The van der Waals surface area contributed by atoms with Crippen molar-refractivity contribution in [3.63, 3.8) is 0 Å². The first-order valence-corrected chi connectivity index (χ1v) is 11.1. The fraction of sp³-hybridized carbons (Fsp3) is 0.615. The van der Waals surface area contributed by atoms with Crippen molar-refractivity contribution >= 4 is 6.08 Å². The molecule has 0 heterocycles. The van der Waals surface area contributed by atoms with E-state index in [-0.39, 0.29) is 0 Å². The molecule has 5 atom stereocenters. The van der Waals surface area contributed by atoms with Crippen LogP contribution in [0.15, 0.2) is 36.4 Å². The molecule has 140 valence electrons. The summed E-state index contributed by atoms with van der Waals surface area (Å²) in [5.74, 6) is 4.89. The summed E-state index contributed by atoms with van der Waals surface area (Å²) in [4.78, 5) is 0. The van der Waals surface area contributed by atoms with Crippen LogP contribution in [-0.4, -0.2) is 0 Å². The Morgan fingerprint density at radius 2 is 1.54 bits per heavy atom. The van der Waals surface area contributed by atoms with E-state index in [9.17, 15) is 0 Å². The Hall–Kier alpha value is -1.30. The number of hydrogen-bond acceptors (Lipinski definition) is 0. The van der Waals surface area contributed by atoms with Crippen LogP contribution in [0.1, 0.15) is 75.5 Å². The Labute approximate surface area is 160 Å². The molecule has 2 fully saturated rings. The third-order valence-corrected chi connectivity index (χ3v) is 7.68. The second kappa shape index (κ2) is 8.15. The molecule has 5 unspecified atom stereocenters. The van der Waals surface area contributed by atoms with Crippen LogP contribution >= 0.6 is 0 Å². The van der Waals surface area contributed by atoms with Crippen LogP contribution in [0.3, 0.4) is 0 Å². The van der Waals surface area contributed by atoms with Gasteiger partial charge in [0.1, 0.15) is 0 Å². The summed E-state index contributed by atoms with van der Waals surface area (Å²) in [5.41, 5.74) is 4.65. The van der Waals surface area contributed by atoms with E-state index < -0.39 is 0 Å². The minimum absolute atomic E-state index is 0.880. The smallest absolute Gasteiger partial charge is 0.0231 e. The molecule has 26 heavy (non-hydrogen) atoms. The molecular formula is C26H36. The van der Waals surface area contributed by atoms with E-state index in [0.29, 0.717) is 0 Å². The Morgan fingerprint density at radius 3 is 2.35 bits per heavy atom. The Kier molecular flexibility index (Phi) is 5.67. The standard InChI is InChI=1S/C26H36/c1-3-5-19-7-9-23-17-25(13-11-21(23)15-19)26-14-12-22-16-20(6-4-2)8-10-24(22)18-26/h3-7,9,15,20,22,24-26H,8,10-14,16-18H2,1-2H3/b5-3+,6-4+. The SMILES string of the molecule is C/C=C/c1ccc2c(c1)CCC(C1CCC3CC(/C=C/C)CCC3C1)C2. The second-order valence-electron chi connectivity index (χ2n) is 9.22. The maximum absolute atomic E-state index is 2.47. The van der Waals surface area contributed by atoms with Crippen molar-refractivity contribution in [2.75, 3.05) is 0 Å². The number of hydrogen-bond donors (Lipinski definition) is 0. The average Bonchev–Trinajstić information content (AvgIpc) is 2.68. The maximum Gasteiger partial charge on any atom is -0.0231 e. The monoisotopic (exact) mass is 348 g/mol. The number of aryl methyl sites for hydroxylation is 1. The first kappa shape index (κ1) is 18.1. The van der Waals surface area contributed by atoms with E-state index in [0.717, 1.165) is 29.6 Å². The van der Waals surface area contributed by atoms with Crippen molar-refractivity contribution in [1.82, 2.24) is 0 Å². The van der Waals surface area contributed by atoms with Gasteiger partial charge in [-0.2, -0.15) is 0 Å². The highest BCUT2D eigenvalue weighted by Crippen LogP contribution is 2.48. The van der Waals surface area contributed by atoms with E-state index in [1.807, 2.05) is 0 Å². The molecular weight excluding hydrogens is 312 g/mol. The zero-order valence-electron chi connectivity index (χ0n) is 16.8. The molecule has 2 saturated carbocycles. The molecule has 0 amide bonds. The Bertz CT molecular complexity index is 665. The molecule has 1 aromatic carbocycles. The lowest BCUT2D eigenvalue weighted by atomic mass is 9.61. The summed E-state index contributed by atoms with van der Waals surface area (Å²) < 4.78 is 0. The summed E-state index contributed by atoms with van der Waals surface area (Å²) >= 11 is 0. The number of rotatable bonds is 3. The first-order valence-electron chi connectivity index (χ1n) is 11.1. The second-order valence-corrected chi connectivity index (χ2v) is 9.22. The minimum atomic E-state index is 0.880. The highest BCUT2D eigenvalue weighted by molar-refractivity contribution is 5.52. The van der Waals surface area contributed by atoms with Crippen molar-refractivity contribution < 1.29 is 0 Å². The van der Waals surface area contributed by atoms with Gasteiger partial charge in [-0.25, -0.2) is 0 Å². The summed E-state index contributed by atoms with van der Waals surface area (Å²) in [6.45, 7) is 4.29. The third kappa shape index (κ3) is 3.85. The summed E-state index contributed by atoms with van der Waals surface area (Å²) in [6.07, 6.45) is 22.2. The van der Waals surface area contributed by atoms with Crippen molar-refractivity contribution in [3.8, 4) is 0 Å². The number of benzene rings is 1. The molecule has 0 spiro atoms. The fourth-order valence-corrected chi connectivity index (χ4v) is 6.34. The number of allylic oxidation sites excluding steroid dienone is 3. The summed E-state index contributed by atoms with van der Waals surface area (Å²) in [6, 6.07) is 7.18. The largest absolute Gasteiger partial charge is 0.0914 e. The summed E-state index contributed by atoms with van der Waals surface area (Å²) in [7, 11) is 0. The van der Waals surface area contributed by atoms with Gasteiger partial charge in [-0.1, -0.05) is 42.5 Å². The van der Waals surface area contributed by atoms with Gasteiger partial charge in [-0.15, -0.1) is 0 Å². The third-order valence-electron chi connectivity index (χ3n) is 7.68. The lowest BCUT2D eigenvalue weighted by Crippen LogP contribution is -2.34. The highest BCUT2D eigenvalue weighted by atomic mass is 14.4. The van der Waals surface area contributed by atoms with E-state index >= 15 is 0 Å². The van der Waals surface area contributed by atoms with Crippen molar-refractivity contribution in [2.24, 2.45) is 29.6 Å². The molecule has 1 aromatic rings. The molecule has 0 bridgehead atoms. The molecule has 0 saturated heterocycles. The summed E-state index contributed by atoms with van der Waals surface area (Å²) in [5, 5.41) is 0. The van der Waals surface area contributed by atoms with Crippen LogP contribution < -0.4 is 0 Å². The van der Waals surface area contributed by atoms with Crippen molar-refractivity contribution in [1.29, 1.82) is 0 Å². The average molecular weight is 349 g/mol. The molecule has 0 nitrogen and oxygen atoms in total. The molecule has 0 radical (unpaired) electrons. The number of fused-ring (bicyclic) bond motifs is 2. The van der Waals surface area contributed by atoms with Crippen LogP contribution in [0.5, 0.6) is 0 Å². The minimum Gasteiger partial charge on any atom is -0.0914 e. The van der Waals surface area contributed by atoms with Gasteiger partial charge in [0.2, 0.25) is 0 Å². The Morgan fingerprint density at radius 1 is 0.769 bits per heavy atom. The first-order chi connectivity index (χ1) is 12.8. The van der Waals surface area contributed by atoms with E-state index in [4.69, 9.17) is 0 Å².